The van der Waals surface area contributed by atoms with Gasteiger partial charge in [-0.05, 0) is 24.1 Å². The zero-order valence-corrected chi connectivity index (χ0v) is 12.5. The quantitative estimate of drug-likeness (QED) is 0.826. The van der Waals surface area contributed by atoms with Crippen molar-refractivity contribution in [2.75, 3.05) is 5.32 Å². The summed E-state index contributed by atoms with van der Waals surface area (Å²) in [5, 5.41) is 16.9. The van der Waals surface area contributed by atoms with Gasteiger partial charge in [-0.2, -0.15) is 5.10 Å². The van der Waals surface area contributed by atoms with Crippen molar-refractivity contribution in [3.8, 4) is 0 Å². The van der Waals surface area contributed by atoms with Gasteiger partial charge in [-0.15, -0.1) is 0 Å². The molecule has 2 aromatic rings. The number of nitrogens with zero attached hydrogens (tertiary/aromatic N) is 2. The Hall–Kier alpha value is -2.21. The molecule has 1 heterocycles. The van der Waals surface area contributed by atoms with Crippen molar-refractivity contribution in [3.63, 3.8) is 0 Å². The van der Waals surface area contributed by atoms with Crippen LogP contribution in [0, 0.1) is 5.82 Å². The predicted molar refractivity (Wildman–Crippen MR) is 81.7 cm³/mol. The van der Waals surface area contributed by atoms with Crippen LogP contribution in [-0.4, -0.2) is 20.8 Å². The molecule has 6 heteroatoms. The van der Waals surface area contributed by atoms with E-state index in [1.807, 2.05) is 0 Å². The number of nitrogens with one attached hydrogen (secondary N) is 1. The number of anilines is 1. The zero-order valence-electron chi connectivity index (χ0n) is 12.5. The summed E-state index contributed by atoms with van der Waals surface area (Å²) in [4.78, 5) is 12.0. The fraction of sp³-hybridized carbons (Fsp3) is 0.375. The molecule has 0 aliphatic heterocycles. The van der Waals surface area contributed by atoms with E-state index in [0.717, 1.165) is 19.4 Å². The SMILES string of the molecule is CCCCn1nccc1NC(=O)CC(O)c1cccc(F)c1. The van der Waals surface area contributed by atoms with Crippen molar-refractivity contribution < 1.29 is 14.3 Å². The monoisotopic (exact) mass is 305 g/mol. The lowest BCUT2D eigenvalue weighted by atomic mass is 10.1. The van der Waals surface area contributed by atoms with Gasteiger partial charge in [0.15, 0.2) is 0 Å². The molecule has 0 bridgehead atoms. The van der Waals surface area contributed by atoms with Gasteiger partial charge >= 0.3 is 0 Å². The van der Waals surface area contributed by atoms with E-state index >= 15 is 0 Å². The Morgan fingerprint density at radius 1 is 1.45 bits per heavy atom. The summed E-state index contributed by atoms with van der Waals surface area (Å²) in [6.07, 6.45) is 2.45. The van der Waals surface area contributed by atoms with Crippen LogP contribution in [0.5, 0.6) is 0 Å². The molecular weight excluding hydrogens is 285 g/mol. The molecule has 2 N–H and O–H groups in total. The molecule has 0 saturated carbocycles. The number of carbonyl (C=O) groups excluding carboxylic acids is 1. The number of aromatic nitrogens is 2. The predicted octanol–water partition coefficient (Wildman–Crippen LogP) is 2.88. The van der Waals surface area contributed by atoms with Gasteiger partial charge < -0.3 is 10.4 Å². The van der Waals surface area contributed by atoms with Gasteiger partial charge in [-0.3, -0.25) is 4.79 Å². The second kappa shape index (κ2) is 7.70. The molecule has 118 valence electrons. The number of aliphatic hydroxyl groups is 1. The normalized spacial score (nSPS) is 12.1. The van der Waals surface area contributed by atoms with E-state index < -0.39 is 11.9 Å². The van der Waals surface area contributed by atoms with E-state index in [1.54, 1.807) is 23.0 Å². The number of unbranched alkanes of at least 4 members (excludes halogenated alkanes) is 1. The number of carbonyl (C=O) groups is 1. The van der Waals surface area contributed by atoms with Gasteiger partial charge in [-0.1, -0.05) is 25.5 Å². The standard InChI is InChI=1S/C16H20FN3O2/c1-2-3-9-20-15(7-8-18-20)19-16(22)11-14(21)12-5-4-6-13(17)10-12/h4-8,10,14,21H,2-3,9,11H2,1H3,(H,19,22). The van der Waals surface area contributed by atoms with E-state index in [2.05, 4.69) is 17.3 Å². The van der Waals surface area contributed by atoms with Crippen molar-refractivity contribution in [2.24, 2.45) is 0 Å². The molecule has 0 saturated heterocycles. The van der Waals surface area contributed by atoms with Gasteiger partial charge in [0.1, 0.15) is 11.6 Å². The molecule has 1 unspecified atom stereocenters. The molecule has 0 fully saturated rings. The highest BCUT2D eigenvalue weighted by molar-refractivity contribution is 5.90. The molecule has 2 rings (SSSR count). The van der Waals surface area contributed by atoms with Gasteiger partial charge in [0.2, 0.25) is 5.91 Å². The lowest BCUT2D eigenvalue weighted by Crippen LogP contribution is -2.18. The van der Waals surface area contributed by atoms with Gasteiger partial charge in [-0.25, -0.2) is 9.07 Å². The first-order chi connectivity index (χ1) is 10.6. The number of rotatable bonds is 7. The van der Waals surface area contributed by atoms with Gasteiger partial charge in [0.25, 0.3) is 0 Å². The Balaban J connectivity index is 1.94. The largest absolute Gasteiger partial charge is 0.388 e. The highest BCUT2D eigenvalue weighted by Crippen LogP contribution is 2.18. The summed E-state index contributed by atoms with van der Waals surface area (Å²) in [5.74, 6) is -0.172. The Bertz CT molecular complexity index is 627. The van der Waals surface area contributed by atoms with Crippen molar-refractivity contribution >= 4 is 11.7 Å². The second-order valence-electron chi connectivity index (χ2n) is 5.12. The highest BCUT2D eigenvalue weighted by Gasteiger charge is 2.15. The van der Waals surface area contributed by atoms with E-state index in [9.17, 15) is 14.3 Å². The number of benzene rings is 1. The maximum absolute atomic E-state index is 13.1. The van der Waals surface area contributed by atoms with E-state index in [0.29, 0.717) is 11.4 Å². The molecule has 5 nitrogen and oxygen atoms in total. The van der Waals surface area contributed by atoms with Crippen LogP contribution in [0.2, 0.25) is 0 Å². The molecule has 0 aliphatic rings. The molecule has 1 aromatic heterocycles. The van der Waals surface area contributed by atoms with E-state index in [1.165, 1.54) is 18.2 Å². The fourth-order valence-corrected chi connectivity index (χ4v) is 2.13. The summed E-state index contributed by atoms with van der Waals surface area (Å²) in [6.45, 7) is 2.81. The Morgan fingerprint density at radius 2 is 2.27 bits per heavy atom. The lowest BCUT2D eigenvalue weighted by Gasteiger charge is -2.12. The Kier molecular flexibility index (Phi) is 5.66. The molecule has 0 spiro atoms. The third kappa shape index (κ3) is 4.39. The third-order valence-electron chi connectivity index (χ3n) is 3.32. The third-order valence-corrected chi connectivity index (χ3v) is 3.32. The van der Waals surface area contributed by atoms with Crippen LogP contribution in [0.15, 0.2) is 36.5 Å². The first-order valence-electron chi connectivity index (χ1n) is 7.35. The average molecular weight is 305 g/mol. The van der Waals surface area contributed by atoms with E-state index in [4.69, 9.17) is 0 Å². The van der Waals surface area contributed by atoms with Crippen molar-refractivity contribution in [2.45, 2.75) is 38.8 Å². The number of amides is 1. The number of hydrogen-bond donors (Lipinski definition) is 2. The van der Waals surface area contributed by atoms with Crippen molar-refractivity contribution in [1.29, 1.82) is 0 Å². The van der Waals surface area contributed by atoms with Crippen LogP contribution in [0.4, 0.5) is 10.2 Å². The van der Waals surface area contributed by atoms with Crippen LogP contribution in [0.1, 0.15) is 37.9 Å². The average Bonchev–Trinajstić information content (AvgIpc) is 2.92. The molecule has 22 heavy (non-hydrogen) atoms. The van der Waals surface area contributed by atoms with Crippen LogP contribution < -0.4 is 5.32 Å². The minimum Gasteiger partial charge on any atom is -0.388 e. The summed E-state index contributed by atoms with van der Waals surface area (Å²) in [7, 11) is 0. The maximum Gasteiger partial charge on any atom is 0.228 e. The van der Waals surface area contributed by atoms with Crippen molar-refractivity contribution in [3.05, 3.63) is 47.9 Å². The lowest BCUT2D eigenvalue weighted by molar-refractivity contribution is -0.118. The number of aliphatic hydroxyl groups excluding tert-OH is 1. The van der Waals surface area contributed by atoms with Crippen molar-refractivity contribution in [1.82, 2.24) is 9.78 Å². The summed E-state index contributed by atoms with van der Waals surface area (Å²) in [6, 6.07) is 7.33. The van der Waals surface area contributed by atoms with Crippen LogP contribution in [0.3, 0.4) is 0 Å². The fourth-order valence-electron chi connectivity index (χ4n) is 2.13. The first-order valence-corrected chi connectivity index (χ1v) is 7.35. The van der Waals surface area contributed by atoms with Crippen LogP contribution in [-0.2, 0) is 11.3 Å². The van der Waals surface area contributed by atoms with Crippen LogP contribution in [0.25, 0.3) is 0 Å². The number of halogens is 1. The van der Waals surface area contributed by atoms with Gasteiger partial charge in [0, 0.05) is 12.6 Å². The topological polar surface area (TPSA) is 67.2 Å². The molecule has 1 amide bonds. The Morgan fingerprint density at radius 3 is 3.00 bits per heavy atom. The minimum absolute atomic E-state index is 0.136. The molecule has 1 atom stereocenters. The highest BCUT2D eigenvalue weighted by atomic mass is 19.1. The summed E-state index contributed by atoms with van der Waals surface area (Å²) >= 11 is 0. The number of hydrogen-bond acceptors (Lipinski definition) is 3. The Labute approximate surface area is 128 Å². The molecular formula is C16H20FN3O2. The zero-order chi connectivity index (χ0) is 15.9. The maximum atomic E-state index is 13.1. The first kappa shape index (κ1) is 16.2. The number of aryl methyl sites for hydroxylation is 1. The smallest absolute Gasteiger partial charge is 0.228 e. The minimum atomic E-state index is -1.04. The summed E-state index contributed by atoms with van der Waals surface area (Å²) in [5.41, 5.74) is 0.384. The second-order valence-corrected chi connectivity index (χ2v) is 5.12. The molecule has 0 aliphatic carbocycles. The van der Waals surface area contributed by atoms with E-state index in [-0.39, 0.29) is 12.3 Å². The van der Waals surface area contributed by atoms with Crippen LogP contribution >= 0.6 is 0 Å². The van der Waals surface area contributed by atoms with Gasteiger partial charge in [0.05, 0.1) is 18.7 Å². The summed E-state index contributed by atoms with van der Waals surface area (Å²) < 4.78 is 14.8. The molecule has 1 aromatic carbocycles. The molecule has 0 radical (unpaired) electrons.